The summed E-state index contributed by atoms with van der Waals surface area (Å²) in [6, 6.07) is 24.7. The van der Waals surface area contributed by atoms with Crippen molar-refractivity contribution in [2.45, 2.75) is 38.6 Å². The van der Waals surface area contributed by atoms with E-state index in [2.05, 4.69) is 79.6 Å². The maximum absolute atomic E-state index is 6.53. The number of hydrogen-bond donors (Lipinski definition) is 2. The second kappa shape index (κ2) is 10.2. The second-order valence-corrected chi connectivity index (χ2v) is 11.1. The van der Waals surface area contributed by atoms with Gasteiger partial charge >= 0.3 is 0 Å². The minimum absolute atomic E-state index is 0.0440. The maximum atomic E-state index is 6.53. The molecule has 0 aliphatic rings. The molecule has 3 N–H and O–H groups in total. The smallest absolute Gasteiger partial charge is 0.162 e. The molecule has 3 heterocycles. The molecule has 0 spiro atoms. The van der Waals surface area contributed by atoms with Gasteiger partial charge in [0.15, 0.2) is 5.82 Å². The minimum Gasteiger partial charge on any atom is -0.367 e. The van der Waals surface area contributed by atoms with Gasteiger partial charge in [-0.2, -0.15) is 0 Å². The highest BCUT2D eigenvalue weighted by Crippen LogP contribution is 2.46. The number of nitrogens with zero attached hydrogens (tertiary/aromatic N) is 3. The standard InChI is InChI=1S/C30H31N5S/c1-30(2,3)27-24(21-12-8-5-9-13-21)25-26(36-27)29(35-28(34-25)22-14-16-32-17-15-22)33-19-23(31)18-20-10-6-4-7-11-20/h4-17,23H,18-19,31H2,1-3H3,(H,33,34,35)/t23-/m0/s1. The molecule has 0 bridgehead atoms. The summed E-state index contributed by atoms with van der Waals surface area (Å²) in [5, 5.41) is 3.58. The molecule has 0 unspecified atom stereocenters. The van der Waals surface area contributed by atoms with E-state index in [0.717, 1.165) is 28.0 Å². The van der Waals surface area contributed by atoms with E-state index in [0.29, 0.717) is 12.4 Å². The molecule has 0 amide bonds. The Morgan fingerprint density at radius 2 is 1.53 bits per heavy atom. The van der Waals surface area contributed by atoms with Crippen molar-refractivity contribution in [2.75, 3.05) is 11.9 Å². The number of nitrogens with one attached hydrogen (secondary N) is 1. The molecule has 5 aromatic rings. The number of rotatable bonds is 7. The summed E-state index contributed by atoms with van der Waals surface area (Å²) in [7, 11) is 0. The second-order valence-electron chi connectivity index (χ2n) is 10.1. The van der Waals surface area contributed by atoms with Crippen molar-refractivity contribution in [3.63, 3.8) is 0 Å². The Labute approximate surface area is 216 Å². The number of fused-ring (bicyclic) bond motifs is 1. The van der Waals surface area contributed by atoms with Crippen LogP contribution in [0.3, 0.4) is 0 Å². The molecule has 1 atom stereocenters. The average molecular weight is 494 g/mol. The van der Waals surface area contributed by atoms with Gasteiger partial charge in [0.05, 0.1) is 10.2 Å². The summed E-state index contributed by atoms with van der Waals surface area (Å²) in [4.78, 5) is 15.6. The summed E-state index contributed by atoms with van der Waals surface area (Å²) < 4.78 is 1.06. The number of pyridine rings is 1. The van der Waals surface area contributed by atoms with Crippen LogP contribution in [0, 0.1) is 0 Å². The zero-order valence-electron chi connectivity index (χ0n) is 20.9. The van der Waals surface area contributed by atoms with Crippen LogP contribution in [0.25, 0.3) is 32.7 Å². The molecule has 0 saturated heterocycles. The highest BCUT2D eigenvalue weighted by molar-refractivity contribution is 7.20. The lowest BCUT2D eigenvalue weighted by Crippen LogP contribution is -2.31. The average Bonchev–Trinajstić information content (AvgIpc) is 3.29. The molecule has 0 aliphatic carbocycles. The summed E-state index contributed by atoms with van der Waals surface area (Å²) in [6.07, 6.45) is 4.35. The van der Waals surface area contributed by atoms with E-state index >= 15 is 0 Å². The minimum atomic E-state index is -0.0473. The predicted molar refractivity (Wildman–Crippen MR) is 151 cm³/mol. The van der Waals surface area contributed by atoms with Gasteiger partial charge in [0, 0.05) is 41.0 Å². The first-order chi connectivity index (χ1) is 17.4. The Bertz CT molecular complexity index is 1440. The first-order valence-electron chi connectivity index (χ1n) is 12.2. The lowest BCUT2D eigenvalue weighted by Gasteiger charge is -2.19. The van der Waals surface area contributed by atoms with Crippen LogP contribution in [0.2, 0.25) is 0 Å². The molecule has 5 rings (SSSR count). The Hall–Kier alpha value is -3.61. The van der Waals surface area contributed by atoms with Crippen LogP contribution >= 0.6 is 11.3 Å². The van der Waals surface area contributed by atoms with Gasteiger partial charge < -0.3 is 11.1 Å². The molecule has 3 aromatic heterocycles. The highest BCUT2D eigenvalue weighted by Gasteiger charge is 2.27. The zero-order valence-corrected chi connectivity index (χ0v) is 21.7. The van der Waals surface area contributed by atoms with Crippen LogP contribution in [0.5, 0.6) is 0 Å². The summed E-state index contributed by atoms with van der Waals surface area (Å²) in [5.74, 6) is 1.51. The van der Waals surface area contributed by atoms with Crippen LogP contribution in [-0.4, -0.2) is 27.5 Å². The first kappa shape index (κ1) is 24.1. The SMILES string of the molecule is CC(C)(C)c1sc2c(NC[C@@H](N)Cc3ccccc3)nc(-c3ccncc3)nc2c1-c1ccccc1. The topological polar surface area (TPSA) is 76.7 Å². The van der Waals surface area contributed by atoms with Crippen LogP contribution < -0.4 is 11.1 Å². The quantitative estimate of drug-likeness (QED) is 0.264. The largest absolute Gasteiger partial charge is 0.367 e. The molecule has 182 valence electrons. The van der Waals surface area contributed by atoms with Gasteiger partial charge in [0.2, 0.25) is 0 Å². The number of thiophene rings is 1. The van der Waals surface area contributed by atoms with Gasteiger partial charge in [0.1, 0.15) is 5.82 Å². The molecule has 0 fully saturated rings. The van der Waals surface area contributed by atoms with Gasteiger partial charge in [-0.1, -0.05) is 81.4 Å². The normalized spacial score (nSPS) is 12.6. The van der Waals surface area contributed by atoms with Gasteiger partial charge in [-0.3, -0.25) is 4.98 Å². The third-order valence-corrected chi connectivity index (χ3v) is 7.70. The fourth-order valence-electron chi connectivity index (χ4n) is 4.34. The van der Waals surface area contributed by atoms with Crippen LogP contribution in [-0.2, 0) is 11.8 Å². The van der Waals surface area contributed by atoms with Crippen molar-refractivity contribution in [3.05, 3.63) is 95.6 Å². The Balaban J connectivity index is 1.62. The lowest BCUT2D eigenvalue weighted by atomic mass is 9.89. The lowest BCUT2D eigenvalue weighted by molar-refractivity contribution is 0.605. The van der Waals surface area contributed by atoms with E-state index in [1.807, 2.05) is 24.3 Å². The molecule has 36 heavy (non-hydrogen) atoms. The molecule has 5 nitrogen and oxygen atoms in total. The Kier molecular flexibility index (Phi) is 6.81. The van der Waals surface area contributed by atoms with Gasteiger partial charge in [0.25, 0.3) is 0 Å². The molecule has 0 saturated carbocycles. The molecule has 2 aromatic carbocycles. The van der Waals surface area contributed by atoms with E-state index in [4.69, 9.17) is 15.7 Å². The monoisotopic (exact) mass is 493 g/mol. The van der Waals surface area contributed by atoms with E-state index in [9.17, 15) is 0 Å². The van der Waals surface area contributed by atoms with Gasteiger partial charge in [-0.15, -0.1) is 11.3 Å². The predicted octanol–water partition coefficient (Wildman–Crippen LogP) is 6.70. The number of hydrogen-bond acceptors (Lipinski definition) is 6. The first-order valence-corrected chi connectivity index (χ1v) is 13.1. The Morgan fingerprint density at radius 3 is 2.19 bits per heavy atom. The maximum Gasteiger partial charge on any atom is 0.162 e. The summed E-state index contributed by atoms with van der Waals surface area (Å²) in [5.41, 5.74) is 12.0. The van der Waals surface area contributed by atoms with Crippen molar-refractivity contribution in [1.29, 1.82) is 0 Å². The summed E-state index contributed by atoms with van der Waals surface area (Å²) in [6.45, 7) is 7.37. The molecule has 6 heteroatoms. The Morgan fingerprint density at radius 1 is 0.861 bits per heavy atom. The molecule has 0 aliphatic heterocycles. The fourth-order valence-corrected chi connectivity index (χ4v) is 5.63. The van der Waals surface area contributed by atoms with E-state index in [1.165, 1.54) is 21.6 Å². The number of anilines is 1. The van der Waals surface area contributed by atoms with E-state index < -0.39 is 0 Å². The highest BCUT2D eigenvalue weighted by atomic mass is 32.1. The van der Waals surface area contributed by atoms with Gasteiger partial charge in [-0.05, 0) is 35.1 Å². The van der Waals surface area contributed by atoms with Crippen molar-refractivity contribution in [2.24, 2.45) is 5.73 Å². The van der Waals surface area contributed by atoms with Crippen LogP contribution in [0.1, 0.15) is 31.2 Å². The third kappa shape index (κ3) is 5.15. The van der Waals surface area contributed by atoms with E-state index in [1.54, 1.807) is 23.7 Å². The molecular weight excluding hydrogens is 462 g/mol. The van der Waals surface area contributed by atoms with Crippen molar-refractivity contribution < 1.29 is 0 Å². The number of aromatic nitrogens is 3. The molecule has 0 radical (unpaired) electrons. The van der Waals surface area contributed by atoms with Crippen molar-refractivity contribution in [3.8, 4) is 22.5 Å². The van der Waals surface area contributed by atoms with Crippen molar-refractivity contribution in [1.82, 2.24) is 15.0 Å². The van der Waals surface area contributed by atoms with E-state index in [-0.39, 0.29) is 11.5 Å². The zero-order chi connectivity index (χ0) is 25.1. The van der Waals surface area contributed by atoms with Crippen LogP contribution in [0.15, 0.2) is 85.2 Å². The third-order valence-electron chi connectivity index (χ3n) is 6.09. The number of benzene rings is 2. The fraction of sp³-hybridized carbons (Fsp3) is 0.233. The van der Waals surface area contributed by atoms with Gasteiger partial charge in [-0.25, -0.2) is 9.97 Å². The molecular formula is C30H31N5S. The van der Waals surface area contributed by atoms with Crippen LogP contribution in [0.4, 0.5) is 5.82 Å². The van der Waals surface area contributed by atoms with Crippen molar-refractivity contribution >= 4 is 27.4 Å². The summed E-state index contributed by atoms with van der Waals surface area (Å²) >= 11 is 1.77. The number of nitrogens with two attached hydrogens (primary N) is 1.